The van der Waals surface area contributed by atoms with E-state index in [9.17, 15) is 4.79 Å². The third-order valence-electron chi connectivity index (χ3n) is 8.63. The van der Waals surface area contributed by atoms with Gasteiger partial charge in [-0.05, 0) is 93.1 Å². The Morgan fingerprint density at radius 2 is 2.00 bits per heavy atom. The average molecular weight is 339 g/mol. The summed E-state index contributed by atoms with van der Waals surface area (Å²) >= 11 is 0. The van der Waals surface area contributed by atoms with Gasteiger partial charge >= 0.3 is 0 Å². The van der Waals surface area contributed by atoms with Crippen LogP contribution in [0.15, 0.2) is 35.5 Å². The molecule has 0 radical (unpaired) electrons. The van der Waals surface area contributed by atoms with E-state index >= 15 is 0 Å². The normalized spacial score (nSPS) is 46.3. The van der Waals surface area contributed by atoms with Gasteiger partial charge in [-0.2, -0.15) is 0 Å². The molecule has 0 spiro atoms. The van der Waals surface area contributed by atoms with Gasteiger partial charge in [0.05, 0.1) is 0 Å². The van der Waals surface area contributed by atoms with E-state index in [-0.39, 0.29) is 11.2 Å². The van der Waals surface area contributed by atoms with Crippen molar-refractivity contribution in [3.63, 3.8) is 0 Å². The molecule has 0 aliphatic heterocycles. The molecule has 4 rings (SSSR count). The second-order valence-corrected chi connectivity index (χ2v) is 9.63. The van der Waals surface area contributed by atoms with Crippen molar-refractivity contribution in [2.45, 2.75) is 72.6 Å². The lowest BCUT2D eigenvalue weighted by Gasteiger charge is -2.57. The van der Waals surface area contributed by atoms with Crippen molar-refractivity contribution >= 4 is 5.78 Å². The maximum atomic E-state index is 11.9. The Balaban J connectivity index is 1.65. The van der Waals surface area contributed by atoms with Crippen LogP contribution in [-0.4, -0.2) is 5.78 Å². The summed E-state index contributed by atoms with van der Waals surface area (Å²) in [5.74, 6) is 3.46. The van der Waals surface area contributed by atoms with Crippen LogP contribution in [0.1, 0.15) is 72.6 Å². The van der Waals surface area contributed by atoms with E-state index in [2.05, 4.69) is 39.8 Å². The van der Waals surface area contributed by atoms with Crippen molar-refractivity contribution in [1.82, 2.24) is 0 Å². The summed E-state index contributed by atoms with van der Waals surface area (Å²) in [6, 6.07) is 0. The molecule has 0 aromatic heterocycles. The van der Waals surface area contributed by atoms with Gasteiger partial charge in [0, 0.05) is 5.41 Å². The number of fused-ring (bicyclic) bond motifs is 5. The summed E-state index contributed by atoms with van der Waals surface area (Å²) in [5, 5.41) is 0. The van der Waals surface area contributed by atoms with Crippen molar-refractivity contribution < 1.29 is 4.79 Å². The molecule has 136 valence electrons. The molecule has 0 aromatic carbocycles. The van der Waals surface area contributed by atoms with Crippen molar-refractivity contribution in [2.75, 3.05) is 0 Å². The number of hydrogen-bond acceptors (Lipinski definition) is 1. The maximum Gasteiger partial charge on any atom is 0.178 e. The molecule has 3 fully saturated rings. The smallest absolute Gasteiger partial charge is 0.178 e. The molecule has 0 amide bonds. The molecule has 1 heteroatoms. The van der Waals surface area contributed by atoms with Crippen LogP contribution in [0.25, 0.3) is 0 Å². The van der Waals surface area contributed by atoms with Gasteiger partial charge in [-0.25, -0.2) is 0 Å². The van der Waals surface area contributed by atoms with Crippen LogP contribution in [0.3, 0.4) is 0 Å². The van der Waals surface area contributed by atoms with Crippen LogP contribution in [0.4, 0.5) is 0 Å². The Morgan fingerprint density at radius 3 is 2.76 bits per heavy atom. The minimum Gasteiger partial charge on any atom is -0.290 e. The summed E-state index contributed by atoms with van der Waals surface area (Å²) in [5.41, 5.74) is 3.71. The molecule has 0 saturated heterocycles. The first-order valence-electron chi connectivity index (χ1n) is 10.5. The standard InChI is InChI=1S/C24H34O/c1-5-6-16(2)20-9-10-21-19-8-7-17-15-18(25)11-13-23(17,3)22(19)12-14-24(20,21)4/h6,11,13,15,19-22H,5,7-10,12,14H2,1-4H3/t19?,20-,21?,22?,23+,24-/m1/s1. The number of rotatable bonds is 2. The zero-order valence-corrected chi connectivity index (χ0v) is 16.5. The van der Waals surface area contributed by atoms with E-state index in [1.54, 1.807) is 5.57 Å². The molecule has 0 bridgehead atoms. The van der Waals surface area contributed by atoms with Crippen LogP contribution in [-0.2, 0) is 4.79 Å². The quantitative estimate of drug-likeness (QED) is 0.543. The van der Waals surface area contributed by atoms with Gasteiger partial charge < -0.3 is 0 Å². The number of carbonyl (C=O) groups is 1. The van der Waals surface area contributed by atoms with Gasteiger partial charge in [0.15, 0.2) is 5.78 Å². The minimum absolute atomic E-state index is 0.143. The molecule has 0 heterocycles. The third kappa shape index (κ3) is 2.45. The zero-order chi connectivity index (χ0) is 17.8. The fraction of sp³-hybridized carbons (Fsp3) is 0.708. The lowest BCUT2D eigenvalue weighted by Crippen LogP contribution is -2.49. The first-order chi connectivity index (χ1) is 11.9. The molecular formula is C24H34O. The summed E-state index contributed by atoms with van der Waals surface area (Å²) in [7, 11) is 0. The van der Waals surface area contributed by atoms with Gasteiger partial charge in [0.25, 0.3) is 0 Å². The Labute approximate surface area is 153 Å². The predicted molar refractivity (Wildman–Crippen MR) is 104 cm³/mol. The Hall–Kier alpha value is -1.11. The first kappa shape index (κ1) is 17.3. The Bertz CT molecular complexity index is 666. The fourth-order valence-corrected chi connectivity index (χ4v) is 7.41. The summed E-state index contributed by atoms with van der Waals surface area (Å²) in [4.78, 5) is 11.9. The molecule has 25 heavy (non-hydrogen) atoms. The highest BCUT2D eigenvalue weighted by atomic mass is 16.1. The van der Waals surface area contributed by atoms with Crippen LogP contribution in [0.5, 0.6) is 0 Å². The molecule has 0 N–H and O–H groups in total. The van der Waals surface area contributed by atoms with Crippen LogP contribution in [0, 0.1) is 34.5 Å². The molecule has 4 aliphatic rings. The summed E-state index contributed by atoms with van der Waals surface area (Å²) in [6.45, 7) is 9.66. The van der Waals surface area contributed by atoms with E-state index in [0.29, 0.717) is 5.41 Å². The average Bonchev–Trinajstić information content (AvgIpc) is 2.93. The second kappa shape index (κ2) is 5.96. The molecule has 0 aromatic rings. The monoisotopic (exact) mass is 338 g/mol. The Kier molecular flexibility index (Phi) is 4.13. The molecule has 6 atom stereocenters. The summed E-state index contributed by atoms with van der Waals surface area (Å²) < 4.78 is 0. The fourth-order valence-electron chi connectivity index (χ4n) is 7.41. The highest BCUT2D eigenvalue weighted by Crippen LogP contribution is 2.66. The van der Waals surface area contributed by atoms with Crippen molar-refractivity contribution in [1.29, 1.82) is 0 Å². The minimum atomic E-state index is 0.143. The van der Waals surface area contributed by atoms with Gasteiger partial charge in [-0.1, -0.05) is 44.1 Å². The predicted octanol–water partition coefficient (Wildman–Crippen LogP) is 6.27. The van der Waals surface area contributed by atoms with Gasteiger partial charge in [-0.15, -0.1) is 0 Å². The number of hydrogen-bond donors (Lipinski definition) is 0. The Morgan fingerprint density at radius 1 is 1.20 bits per heavy atom. The molecular weight excluding hydrogens is 304 g/mol. The lowest BCUT2D eigenvalue weighted by atomic mass is 9.47. The number of allylic oxidation sites excluding steroid dienone is 6. The van der Waals surface area contributed by atoms with Gasteiger partial charge in [0.2, 0.25) is 0 Å². The summed E-state index contributed by atoms with van der Waals surface area (Å²) in [6.07, 6.45) is 17.6. The number of carbonyl (C=O) groups excluding carboxylic acids is 1. The van der Waals surface area contributed by atoms with Crippen LogP contribution >= 0.6 is 0 Å². The van der Waals surface area contributed by atoms with E-state index in [1.165, 1.54) is 44.1 Å². The number of ketones is 1. The topological polar surface area (TPSA) is 17.1 Å². The third-order valence-corrected chi connectivity index (χ3v) is 8.63. The van der Waals surface area contributed by atoms with Crippen LogP contribution in [0.2, 0.25) is 0 Å². The van der Waals surface area contributed by atoms with E-state index in [0.717, 1.165) is 30.1 Å². The largest absolute Gasteiger partial charge is 0.290 e. The first-order valence-corrected chi connectivity index (χ1v) is 10.5. The van der Waals surface area contributed by atoms with E-state index in [1.807, 2.05) is 12.2 Å². The van der Waals surface area contributed by atoms with E-state index in [4.69, 9.17) is 0 Å². The lowest BCUT2D eigenvalue weighted by molar-refractivity contribution is -0.111. The van der Waals surface area contributed by atoms with Gasteiger partial charge in [-0.3, -0.25) is 4.79 Å². The van der Waals surface area contributed by atoms with Crippen molar-refractivity contribution in [2.24, 2.45) is 34.5 Å². The zero-order valence-electron chi connectivity index (χ0n) is 16.5. The van der Waals surface area contributed by atoms with Crippen LogP contribution < -0.4 is 0 Å². The maximum absolute atomic E-state index is 11.9. The molecule has 1 nitrogen and oxygen atoms in total. The van der Waals surface area contributed by atoms with E-state index < -0.39 is 0 Å². The second-order valence-electron chi connectivity index (χ2n) is 9.63. The molecule has 4 aliphatic carbocycles. The SMILES string of the molecule is CCC=C(C)[C@H]1CCC2C3CCC4=CC(=O)C=C[C@]4(C)C3CC[C@@]21C. The molecule has 3 unspecified atom stereocenters. The van der Waals surface area contributed by atoms with Gasteiger partial charge in [0.1, 0.15) is 0 Å². The van der Waals surface area contributed by atoms with Crippen molar-refractivity contribution in [3.05, 3.63) is 35.5 Å². The van der Waals surface area contributed by atoms with Crippen molar-refractivity contribution in [3.8, 4) is 0 Å². The molecule has 3 saturated carbocycles. The highest BCUT2D eigenvalue weighted by Gasteiger charge is 2.58. The highest BCUT2D eigenvalue weighted by molar-refractivity contribution is 6.01.